The zero-order valence-electron chi connectivity index (χ0n) is 9.78. The number of hydrogen-bond donors (Lipinski definition) is 0. The summed E-state index contributed by atoms with van der Waals surface area (Å²) in [5.41, 5.74) is 1.35. The molecule has 1 unspecified atom stereocenters. The van der Waals surface area contributed by atoms with E-state index in [1.165, 1.54) is 5.69 Å². The molecule has 0 saturated heterocycles. The van der Waals surface area contributed by atoms with Gasteiger partial charge in [0.1, 0.15) is 12.2 Å². The Labute approximate surface area is 110 Å². The van der Waals surface area contributed by atoms with Gasteiger partial charge in [-0.3, -0.25) is 4.48 Å². The van der Waals surface area contributed by atoms with Crippen molar-refractivity contribution < 1.29 is 24.0 Å². The lowest BCUT2D eigenvalue weighted by Crippen LogP contribution is -3.00. The predicted molar refractivity (Wildman–Crippen MR) is 64.4 cm³/mol. The van der Waals surface area contributed by atoms with Crippen molar-refractivity contribution in [3.05, 3.63) is 43.0 Å². The second kappa shape index (κ2) is 6.28. The third-order valence-corrected chi connectivity index (χ3v) is 2.99. The molecule has 0 amide bonds. The van der Waals surface area contributed by atoms with Crippen molar-refractivity contribution >= 4 is 5.69 Å². The minimum Gasteiger partial charge on any atom is -1.00 e. The van der Waals surface area contributed by atoms with Gasteiger partial charge >= 0.3 is 0 Å². The van der Waals surface area contributed by atoms with E-state index in [0.717, 1.165) is 11.0 Å². The lowest BCUT2D eigenvalue weighted by atomic mass is 10.2. The maximum atomic E-state index is 3.84. The topological polar surface area (TPSA) is 0 Å². The van der Waals surface area contributed by atoms with Gasteiger partial charge in [-0.05, 0) is 32.1 Å². The molecule has 15 heavy (non-hydrogen) atoms. The lowest BCUT2D eigenvalue weighted by Gasteiger charge is -2.37. The van der Waals surface area contributed by atoms with Crippen LogP contribution in [0.15, 0.2) is 43.0 Å². The third kappa shape index (κ3) is 3.31. The quantitative estimate of drug-likeness (QED) is 0.423. The molecule has 1 atom stereocenters. The highest BCUT2D eigenvalue weighted by Gasteiger charge is 2.26. The molecule has 1 rings (SSSR count). The van der Waals surface area contributed by atoms with Crippen LogP contribution in [0.4, 0.5) is 5.69 Å². The van der Waals surface area contributed by atoms with Crippen molar-refractivity contribution in [1.29, 1.82) is 0 Å². The average Bonchev–Trinajstić information content (AvgIpc) is 2.19. The van der Waals surface area contributed by atoms with Crippen molar-refractivity contribution in [3.8, 4) is 0 Å². The van der Waals surface area contributed by atoms with Gasteiger partial charge in [0.05, 0.1) is 13.1 Å². The summed E-state index contributed by atoms with van der Waals surface area (Å²) in [7, 11) is 2.25. The number of nitrogens with zero attached hydrogens (tertiary/aromatic N) is 1. The minimum atomic E-state index is 0. The fraction of sp³-hybridized carbons (Fsp3) is 0.385. The molecule has 1 aromatic rings. The summed E-state index contributed by atoms with van der Waals surface area (Å²) in [4.78, 5) is 0. The average molecular weight is 317 g/mol. The number of quaternary nitrogens is 1. The van der Waals surface area contributed by atoms with E-state index in [1.54, 1.807) is 0 Å². The molecule has 0 N–H and O–H groups in total. The van der Waals surface area contributed by atoms with Crippen molar-refractivity contribution in [1.82, 2.24) is 4.48 Å². The summed E-state index contributed by atoms with van der Waals surface area (Å²) >= 11 is 0. The first-order valence-corrected chi connectivity index (χ1v) is 5.13. The monoisotopic (exact) mass is 317 g/mol. The minimum absolute atomic E-state index is 0. The number of rotatable bonds is 4. The molecule has 0 radical (unpaired) electrons. The first-order valence-electron chi connectivity index (χ1n) is 5.13. The highest BCUT2D eigenvalue weighted by atomic mass is 127. The van der Waals surface area contributed by atoms with Crippen LogP contribution in [-0.2, 0) is 0 Å². The Kier molecular flexibility index (Phi) is 6.13. The van der Waals surface area contributed by atoms with Gasteiger partial charge in [-0.25, -0.2) is 0 Å². The fourth-order valence-corrected chi connectivity index (χ4v) is 1.65. The van der Waals surface area contributed by atoms with Crippen LogP contribution >= 0.6 is 0 Å². The normalized spacial score (nSPS) is 14.1. The second-order valence-corrected chi connectivity index (χ2v) is 4.17. The SMILES string of the molecule is C=CC[N+](C)(c1ccccc1)C(C)C.[I-]. The molecule has 0 aliphatic heterocycles. The molecular formula is C13H20IN. The molecule has 1 nitrogen and oxygen atoms in total. The van der Waals surface area contributed by atoms with Crippen molar-refractivity contribution in [2.45, 2.75) is 19.9 Å². The molecular weight excluding hydrogens is 297 g/mol. The van der Waals surface area contributed by atoms with Gasteiger partial charge in [-0.15, -0.1) is 0 Å². The van der Waals surface area contributed by atoms with E-state index in [2.05, 4.69) is 57.8 Å². The summed E-state index contributed by atoms with van der Waals surface area (Å²) in [6, 6.07) is 11.2. The predicted octanol–water partition coefficient (Wildman–Crippen LogP) is 0.222. The van der Waals surface area contributed by atoms with E-state index >= 15 is 0 Å². The second-order valence-electron chi connectivity index (χ2n) is 4.17. The van der Waals surface area contributed by atoms with Gasteiger partial charge in [0, 0.05) is 0 Å². The zero-order chi connectivity index (χ0) is 10.6. The zero-order valence-corrected chi connectivity index (χ0v) is 11.9. The van der Waals surface area contributed by atoms with Crippen LogP contribution in [-0.4, -0.2) is 19.6 Å². The van der Waals surface area contributed by atoms with Crippen molar-refractivity contribution in [2.75, 3.05) is 13.6 Å². The Bertz CT molecular complexity index is 295. The number of hydrogen-bond acceptors (Lipinski definition) is 0. The maximum absolute atomic E-state index is 3.84. The highest BCUT2D eigenvalue weighted by Crippen LogP contribution is 2.23. The van der Waals surface area contributed by atoms with E-state index in [4.69, 9.17) is 0 Å². The molecule has 0 bridgehead atoms. The third-order valence-electron chi connectivity index (χ3n) is 2.99. The van der Waals surface area contributed by atoms with Crippen LogP contribution in [0.25, 0.3) is 0 Å². The Morgan fingerprint density at radius 1 is 1.27 bits per heavy atom. The summed E-state index contributed by atoms with van der Waals surface area (Å²) in [5, 5.41) is 0. The molecule has 0 fully saturated rings. The van der Waals surface area contributed by atoms with E-state index in [1.807, 2.05) is 6.08 Å². The van der Waals surface area contributed by atoms with Gasteiger partial charge < -0.3 is 24.0 Å². The molecule has 0 aliphatic rings. The Hall–Kier alpha value is -0.350. The van der Waals surface area contributed by atoms with Crippen molar-refractivity contribution in [3.63, 3.8) is 0 Å². The maximum Gasteiger partial charge on any atom is 0.133 e. The molecule has 1 aromatic carbocycles. The number of para-hydroxylation sites is 1. The van der Waals surface area contributed by atoms with E-state index in [9.17, 15) is 0 Å². The summed E-state index contributed by atoms with van der Waals surface area (Å²) in [5.74, 6) is 0. The van der Waals surface area contributed by atoms with Crippen LogP contribution < -0.4 is 28.5 Å². The number of benzene rings is 1. The first kappa shape index (κ1) is 14.6. The van der Waals surface area contributed by atoms with E-state index in [-0.39, 0.29) is 24.0 Å². The smallest absolute Gasteiger partial charge is 0.133 e. The van der Waals surface area contributed by atoms with Crippen molar-refractivity contribution in [2.24, 2.45) is 0 Å². The Balaban J connectivity index is 0.00000196. The molecule has 0 saturated carbocycles. The molecule has 2 heteroatoms. The van der Waals surface area contributed by atoms with Gasteiger partial charge in [-0.1, -0.05) is 24.8 Å². The first-order chi connectivity index (χ1) is 6.61. The Morgan fingerprint density at radius 2 is 1.80 bits per heavy atom. The molecule has 0 aliphatic carbocycles. The van der Waals surface area contributed by atoms with Gasteiger partial charge in [0.15, 0.2) is 0 Å². The van der Waals surface area contributed by atoms with Gasteiger partial charge in [0.25, 0.3) is 0 Å². The summed E-state index contributed by atoms with van der Waals surface area (Å²) < 4.78 is 0.921. The van der Waals surface area contributed by atoms with Gasteiger partial charge in [-0.2, -0.15) is 0 Å². The molecule has 0 aromatic heterocycles. The van der Waals surface area contributed by atoms with Crippen LogP contribution in [0.2, 0.25) is 0 Å². The van der Waals surface area contributed by atoms with E-state index in [0.29, 0.717) is 6.04 Å². The summed E-state index contributed by atoms with van der Waals surface area (Å²) in [6.45, 7) is 9.30. The largest absolute Gasteiger partial charge is 1.00 e. The summed E-state index contributed by atoms with van der Waals surface area (Å²) in [6.07, 6.45) is 1.99. The number of halogens is 1. The van der Waals surface area contributed by atoms with E-state index < -0.39 is 0 Å². The fourth-order valence-electron chi connectivity index (χ4n) is 1.65. The Morgan fingerprint density at radius 3 is 2.20 bits per heavy atom. The van der Waals surface area contributed by atoms with Crippen LogP contribution in [0, 0.1) is 0 Å². The standard InChI is InChI=1S/C13H20N.HI/c1-5-11-14(4,12(2)3)13-9-7-6-8-10-13;/h5-10,12H,1,11H2,2-4H3;1H/q+1;/p-1. The lowest BCUT2D eigenvalue weighted by molar-refractivity contribution is -0.00000307. The molecule has 0 spiro atoms. The van der Waals surface area contributed by atoms with Crippen LogP contribution in [0.5, 0.6) is 0 Å². The van der Waals surface area contributed by atoms with Crippen LogP contribution in [0.3, 0.4) is 0 Å². The highest BCUT2D eigenvalue weighted by molar-refractivity contribution is 5.42. The molecule has 0 heterocycles. The number of likely N-dealkylation sites (N-methyl/N-ethyl adjacent to an activating group) is 1. The van der Waals surface area contributed by atoms with Crippen LogP contribution in [0.1, 0.15) is 13.8 Å². The van der Waals surface area contributed by atoms with Gasteiger partial charge in [0.2, 0.25) is 0 Å². The molecule has 84 valence electrons.